The van der Waals surface area contributed by atoms with Gasteiger partial charge < -0.3 is 10.2 Å². The van der Waals surface area contributed by atoms with Crippen molar-refractivity contribution in [3.8, 4) is 0 Å². The average molecular weight is 269 g/mol. The molecule has 4 heteroatoms. The Labute approximate surface area is 118 Å². The van der Waals surface area contributed by atoms with Crippen molar-refractivity contribution in [3.63, 3.8) is 0 Å². The van der Waals surface area contributed by atoms with E-state index in [1.165, 1.54) is 32.2 Å². The maximum atomic E-state index is 11.8. The SMILES string of the molecule is CCC1CCCCN1CCC(=O)NCCCN(C)C. The Morgan fingerprint density at radius 2 is 2.16 bits per heavy atom. The summed E-state index contributed by atoms with van der Waals surface area (Å²) in [4.78, 5) is 16.4. The number of carbonyl (C=O) groups excluding carboxylic acids is 1. The molecule has 1 amide bonds. The van der Waals surface area contributed by atoms with Crippen molar-refractivity contribution < 1.29 is 4.79 Å². The largest absolute Gasteiger partial charge is 0.356 e. The lowest BCUT2D eigenvalue weighted by molar-refractivity contribution is -0.121. The summed E-state index contributed by atoms with van der Waals surface area (Å²) in [6.45, 7) is 6.19. The number of likely N-dealkylation sites (tertiary alicyclic amines) is 1. The zero-order chi connectivity index (χ0) is 14.1. The zero-order valence-electron chi connectivity index (χ0n) is 13.0. The lowest BCUT2D eigenvalue weighted by atomic mass is 10.00. The second-order valence-corrected chi connectivity index (χ2v) is 5.85. The first-order valence-electron chi connectivity index (χ1n) is 7.79. The predicted octanol–water partition coefficient (Wildman–Crippen LogP) is 1.71. The Kier molecular flexibility index (Phi) is 8.07. The molecule has 0 aromatic carbocycles. The van der Waals surface area contributed by atoms with Gasteiger partial charge in [-0.15, -0.1) is 0 Å². The average Bonchev–Trinajstić information content (AvgIpc) is 2.41. The Hall–Kier alpha value is -0.610. The number of nitrogens with zero attached hydrogens (tertiary/aromatic N) is 2. The third-order valence-corrected chi connectivity index (χ3v) is 3.95. The Balaban J connectivity index is 2.11. The first kappa shape index (κ1) is 16.4. The molecule has 1 aliphatic rings. The van der Waals surface area contributed by atoms with Gasteiger partial charge in [-0.1, -0.05) is 13.3 Å². The number of piperidine rings is 1. The molecule has 0 aliphatic carbocycles. The third kappa shape index (κ3) is 6.92. The fourth-order valence-electron chi connectivity index (χ4n) is 2.77. The van der Waals surface area contributed by atoms with Crippen molar-refractivity contribution >= 4 is 5.91 Å². The number of nitrogens with one attached hydrogen (secondary N) is 1. The van der Waals surface area contributed by atoms with Gasteiger partial charge in [-0.25, -0.2) is 0 Å². The molecule has 4 nitrogen and oxygen atoms in total. The van der Waals surface area contributed by atoms with Crippen molar-refractivity contribution in [2.24, 2.45) is 0 Å². The van der Waals surface area contributed by atoms with Crippen molar-refractivity contribution in [2.75, 3.05) is 40.3 Å². The predicted molar refractivity (Wildman–Crippen MR) is 80.3 cm³/mol. The van der Waals surface area contributed by atoms with Gasteiger partial charge in [0.05, 0.1) is 0 Å². The molecule has 1 fully saturated rings. The molecule has 1 aliphatic heterocycles. The minimum absolute atomic E-state index is 0.208. The van der Waals surface area contributed by atoms with E-state index in [0.717, 1.165) is 26.1 Å². The fourth-order valence-corrected chi connectivity index (χ4v) is 2.77. The third-order valence-electron chi connectivity index (χ3n) is 3.95. The molecular formula is C15H31N3O. The van der Waals surface area contributed by atoms with E-state index in [-0.39, 0.29) is 5.91 Å². The van der Waals surface area contributed by atoms with Gasteiger partial charge in [0.25, 0.3) is 0 Å². The number of rotatable bonds is 8. The summed E-state index contributed by atoms with van der Waals surface area (Å²) in [6, 6.07) is 0.704. The van der Waals surface area contributed by atoms with Crippen LogP contribution in [0.1, 0.15) is 45.4 Å². The second kappa shape index (κ2) is 9.32. The summed E-state index contributed by atoms with van der Waals surface area (Å²) in [5.74, 6) is 0.208. The molecule has 0 spiro atoms. The lowest BCUT2D eigenvalue weighted by Gasteiger charge is -2.35. The zero-order valence-corrected chi connectivity index (χ0v) is 13.0. The molecule has 1 unspecified atom stereocenters. The Morgan fingerprint density at radius 1 is 1.37 bits per heavy atom. The summed E-state index contributed by atoms with van der Waals surface area (Å²) in [7, 11) is 4.12. The second-order valence-electron chi connectivity index (χ2n) is 5.85. The standard InChI is InChI=1S/C15H31N3O/c1-4-14-8-5-6-12-18(14)13-9-15(19)16-10-7-11-17(2)3/h14H,4-13H2,1-3H3,(H,16,19). The number of amides is 1. The first-order chi connectivity index (χ1) is 9.13. The minimum Gasteiger partial charge on any atom is -0.356 e. The molecule has 1 heterocycles. The van der Waals surface area contributed by atoms with Crippen LogP contribution in [0.5, 0.6) is 0 Å². The molecule has 1 atom stereocenters. The highest BCUT2D eigenvalue weighted by Gasteiger charge is 2.20. The van der Waals surface area contributed by atoms with Crippen LogP contribution in [0, 0.1) is 0 Å². The van der Waals surface area contributed by atoms with Crippen LogP contribution in [0.25, 0.3) is 0 Å². The topological polar surface area (TPSA) is 35.6 Å². The van der Waals surface area contributed by atoms with Crippen molar-refractivity contribution in [1.29, 1.82) is 0 Å². The summed E-state index contributed by atoms with van der Waals surface area (Å²) in [5, 5.41) is 3.02. The summed E-state index contributed by atoms with van der Waals surface area (Å²) in [6.07, 6.45) is 6.84. The van der Waals surface area contributed by atoms with Gasteiger partial charge in [-0.3, -0.25) is 9.69 Å². The van der Waals surface area contributed by atoms with Crippen LogP contribution in [0.3, 0.4) is 0 Å². The summed E-state index contributed by atoms with van der Waals surface area (Å²) >= 11 is 0. The molecule has 1 saturated heterocycles. The molecule has 0 bridgehead atoms. The fraction of sp³-hybridized carbons (Fsp3) is 0.933. The highest BCUT2D eigenvalue weighted by molar-refractivity contribution is 5.76. The van der Waals surface area contributed by atoms with E-state index in [1.807, 2.05) is 0 Å². The molecule has 19 heavy (non-hydrogen) atoms. The van der Waals surface area contributed by atoms with Gasteiger partial charge in [0.1, 0.15) is 0 Å². The number of hydrogen-bond donors (Lipinski definition) is 1. The molecule has 0 aromatic heterocycles. The molecule has 0 radical (unpaired) electrons. The number of hydrogen-bond acceptors (Lipinski definition) is 3. The van der Waals surface area contributed by atoms with Gasteiger partial charge in [0, 0.05) is 25.6 Å². The van der Waals surface area contributed by atoms with Gasteiger partial charge in [-0.2, -0.15) is 0 Å². The summed E-state index contributed by atoms with van der Waals surface area (Å²) < 4.78 is 0. The van der Waals surface area contributed by atoms with Crippen molar-refractivity contribution in [2.45, 2.75) is 51.5 Å². The van der Waals surface area contributed by atoms with Crippen LogP contribution in [-0.4, -0.2) is 62.0 Å². The lowest BCUT2D eigenvalue weighted by Crippen LogP contribution is -2.41. The van der Waals surface area contributed by atoms with Gasteiger partial charge in [0.2, 0.25) is 5.91 Å². The van der Waals surface area contributed by atoms with E-state index in [2.05, 4.69) is 36.1 Å². The van der Waals surface area contributed by atoms with E-state index in [4.69, 9.17) is 0 Å². The van der Waals surface area contributed by atoms with Crippen molar-refractivity contribution in [3.05, 3.63) is 0 Å². The first-order valence-corrected chi connectivity index (χ1v) is 7.79. The van der Waals surface area contributed by atoms with Crippen LogP contribution >= 0.6 is 0 Å². The highest BCUT2D eigenvalue weighted by Crippen LogP contribution is 2.19. The van der Waals surface area contributed by atoms with Crippen LogP contribution in [0.15, 0.2) is 0 Å². The van der Waals surface area contributed by atoms with Crippen LogP contribution < -0.4 is 5.32 Å². The summed E-state index contributed by atoms with van der Waals surface area (Å²) in [5.41, 5.74) is 0. The molecular weight excluding hydrogens is 238 g/mol. The molecule has 1 N–H and O–H groups in total. The van der Waals surface area contributed by atoms with E-state index in [0.29, 0.717) is 12.5 Å². The molecule has 0 saturated carbocycles. The Bertz CT molecular complexity index is 256. The van der Waals surface area contributed by atoms with Crippen LogP contribution in [-0.2, 0) is 4.79 Å². The van der Waals surface area contributed by atoms with Gasteiger partial charge >= 0.3 is 0 Å². The van der Waals surface area contributed by atoms with E-state index in [1.54, 1.807) is 0 Å². The minimum atomic E-state index is 0.208. The van der Waals surface area contributed by atoms with Gasteiger partial charge in [-0.05, 0) is 52.9 Å². The molecule has 1 rings (SSSR count). The van der Waals surface area contributed by atoms with E-state index >= 15 is 0 Å². The van der Waals surface area contributed by atoms with E-state index in [9.17, 15) is 4.79 Å². The Morgan fingerprint density at radius 3 is 2.84 bits per heavy atom. The monoisotopic (exact) mass is 269 g/mol. The van der Waals surface area contributed by atoms with Crippen LogP contribution in [0.4, 0.5) is 0 Å². The quantitative estimate of drug-likeness (QED) is 0.681. The van der Waals surface area contributed by atoms with Crippen LogP contribution in [0.2, 0.25) is 0 Å². The molecule has 0 aromatic rings. The smallest absolute Gasteiger partial charge is 0.221 e. The maximum Gasteiger partial charge on any atom is 0.221 e. The highest BCUT2D eigenvalue weighted by atomic mass is 16.1. The maximum absolute atomic E-state index is 11.8. The molecule has 112 valence electrons. The number of carbonyl (C=O) groups is 1. The van der Waals surface area contributed by atoms with Crippen molar-refractivity contribution in [1.82, 2.24) is 15.1 Å². The van der Waals surface area contributed by atoms with E-state index < -0.39 is 0 Å². The normalized spacial score (nSPS) is 20.7. The van der Waals surface area contributed by atoms with Gasteiger partial charge in [0.15, 0.2) is 0 Å².